The van der Waals surface area contributed by atoms with Crippen molar-refractivity contribution < 1.29 is 80.5 Å². The Kier molecular flexibility index (Phi) is 38.8. The molecule has 1 fully saturated rings. The topological polar surface area (TPSA) is 565 Å². The van der Waals surface area contributed by atoms with Crippen molar-refractivity contribution in [3.8, 4) is 0 Å². The molecule has 34 heteroatoms. The van der Waals surface area contributed by atoms with Crippen molar-refractivity contribution in [1.82, 2.24) is 58.5 Å². The first-order valence-electron chi connectivity index (χ1n) is 29.0. The number of nitrogens with two attached hydrogens (primary N) is 5. The number of carbonyl (C=O) groups excluding carboxylic acids is 11. The third-order valence-corrected chi connectivity index (χ3v) is 13.4. The number of aliphatic hydroxyl groups excluding tert-OH is 2. The number of aliphatic hydroxyl groups is 2. The summed E-state index contributed by atoms with van der Waals surface area (Å²) in [4.78, 5) is 153. The zero-order valence-electron chi connectivity index (χ0n) is 50.8. The van der Waals surface area contributed by atoms with Crippen LogP contribution in [0.1, 0.15) is 132 Å². The van der Waals surface area contributed by atoms with Gasteiger partial charge in [-0.05, 0) is 122 Å². The molecule has 1 rings (SSSR count). The van der Waals surface area contributed by atoms with Crippen LogP contribution in [0.25, 0.3) is 0 Å². The minimum Gasteiger partial charge on any atom is -0.391 e. The van der Waals surface area contributed by atoms with Crippen molar-refractivity contribution in [2.75, 3.05) is 39.3 Å². The Morgan fingerprint density at radius 1 is 0.547 bits per heavy atom. The highest BCUT2D eigenvalue weighted by Gasteiger charge is 2.37. The molecule has 11 amide bonds. The van der Waals surface area contributed by atoms with E-state index in [4.69, 9.17) is 46.2 Å². The highest BCUT2D eigenvalue weighted by atomic mass is 32.3. The summed E-state index contributed by atoms with van der Waals surface area (Å²) in [6, 6.07) is -14.5. The smallest absolute Gasteiger partial charge is 0.391 e. The molecule has 0 aliphatic carbocycles. The van der Waals surface area contributed by atoms with Gasteiger partial charge in [0.25, 0.3) is 0 Å². The quantitative estimate of drug-likeness (QED) is 0.0324. The summed E-state index contributed by atoms with van der Waals surface area (Å²) < 4.78 is 31.6. The molecule has 0 radical (unpaired) electrons. The lowest BCUT2D eigenvalue weighted by atomic mass is 9.99. The average molecular weight is 1250 g/mol. The molecule has 1 heterocycles. The van der Waals surface area contributed by atoms with Crippen molar-refractivity contribution in [2.45, 2.75) is 205 Å². The van der Waals surface area contributed by atoms with Crippen molar-refractivity contribution >= 4 is 75.4 Å². The van der Waals surface area contributed by atoms with Crippen LogP contribution in [0.2, 0.25) is 0 Å². The van der Waals surface area contributed by atoms with Crippen LogP contribution in [0.3, 0.4) is 0 Å². The minimum atomic E-state index is -4.67. The number of carbonyl (C=O) groups is 11. The first-order valence-corrected chi connectivity index (χ1v) is 30.4. The number of hydrogen-bond donors (Lipinski definition) is 20. The summed E-state index contributed by atoms with van der Waals surface area (Å²) in [5, 5.41) is 49.5. The number of amides is 11. The summed E-state index contributed by atoms with van der Waals surface area (Å²) in [7, 11) is -4.67. The molecule has 0 aromatic rings. The maximum atomic E-state index is 14.4. The van der Waals surface area contributed by atoms with E-state index in [0.29, 0.717) is 12.3 Å². The Balaban J connectivity index is 0.0000138. The van der Waals surface area contributed by atoms with Gasteiger partial charge in [-0.2, -0.15) is 8.42 Å². The second kappa shape index (κ2) is 41.8. The first-order chi connectivity index (χ1) is 40.2. The summed E-state index contributed by atoms with van der Waals surface area (Å²) >= 11 is 0. The van der Waals surface area contributed by atoms with E-state index in [-0.39, 0.29) is 95.9 Å². The highest BCUT2D eigenvalue weighted by Crippen LogP contribution is 2.13. The van der Waals surface area contributed by atoms with Crippen LogP contribution in [0, 0.1) is 17.8 Å². The van der Waals surface area contributed by atoms with Crippen LogP contribution in [0.15, 0.2) is 0 Å². The lowest BCUT2D eigenvalue weighted by Gasteiger charge is -2.29. The molecule has 0 spiro atoms. The zero-order valence-corrected chi connectivity index (χ0v) is 51.6. The van der Waals surface area contributed by atoms with Gasteiger partial charge in [-0.25, -0.2) is 0 Å². The van der Waals surface area contributed by atoms with Crippen LogP contribution in [-0.4, -0.2) is 205 Å². The lowest BCUT2D eigenvalue weighted by molar-refractivity contribution is -0.137. The van der Waals surface area contributed by atoms with Gasteiger partial charge in [-0.15, -0.1) is 0 Å². The van der Waals surface area contributed by atoms with Gasteiger partial charge < -0.3 is 97.4 Å². The zero-order chi connectivity index (χ0) is 66.0. The molecular weight excluding hydrogens is 1150 g/mol. The SMILES string of the molecule is CC[C@H](C)CCCC(=O)N[C@@H](CCN)C(=O)N[C@H](C(=O)N[C@@H](CCN)C(=O)N[C@H]1CCNC(=O)[C@@H]([C@H](C)O)NC(=O)[C@H](CCN)NC(=O)[C@H](CCN)NC(=O)[C@H](CC(C)C)NC(=O)[C@@H](CC(C)C)NC(=O)[C@H](CCN)NC1=O)[C@@H](C)O.O=S(=O)(O)O. The van der Waals surface area contributed by atoms with Gasteiger partial charge in [0, 0.05) is 13.0 Å². The Morgan fingerprint density at radius 2 is 0.953 bits per heavy atom. The summed E-state index contributed by atoms with van der Waals surface area (Å²) in [5.41, 5.74) is 29.2. The van der Waals surface area contributed by atoms with Crippen LogP contribution in [-0.2, 0) is 63.1 Å². The molecule has 0 aromatic heterocycles. The third kappa shape index (κ3) is 32.5. The van der Waals surface area contributed by atoms with E-state index in [1.807, 2.05) is 6.92 Å². The van der Waals surface area contributed by atoms with Crippen molar-refractivity contribution in [3.63, 3.8) is 0 Å². The van der Waals surface area contributed by atoms with Crippen LogP contribution in [0.5, 0.6) is 0 Å². The molecule has 0 bridgehead atoms. The van der Waals surface area contributed by atoms with E-state index in [2.05, 4.69) is 65.4 Å². The van der Waals surface area contributed by atoms with E-state index >= 15 is 0 Å². The monoisotopic (exact) mass is 1250 g/mol. The molecule has 1 aliphatic heterocycles. The van der Waals surface area contributed by atoms with Gasteiger partial charge in [0.1, 0.15) is 60.4 Å². The summed E-state index contributed by atoms with van der Waals surface area (Å²) in [6.07, 6.45) is -1.79. The maximum Gasteiger partial charge on any atom is 0.394 e. The van der Waals surface area contributed by atoms with Gasteiger partial charge in [-0.1, -0.05) is 54.4 Å². The maximum absolute atomic E-state index is 14.4. The average Bonchev–Trinajstić information content (AvgIpc) is 3.51. The van der Waals surface area contributed by atoms with E-state index in [1.54, 1.807) is 27.7 Å². The highest BCUT2D eigenvalue weighted by molar-refractivity contribution is 7.79. The van der Waals surface area contributed by atoms with Crippen LogP contribution >= 0.6 is 0 Å². The predicted octanol–water partition coefficient (Wildman–Crippen LogP) is -6.48. The lowest BCUT2D eigenvalue weighted by Crippen LogP contribution is -2.62. The Hall–Kier alpha value is -6.24. The van der Waals surface area contributed by atoms with Crippen LogP contribution < -0.4 is 87.2 Å². The van der Waals surface area contributed by atoms with E-state index < -0.39 is 161 Å². The van der Waals surface area contributed by atoms with Gasteiger partial charge in [0.2, 0.25) is 65.0 Å². The van der Waals surface area contributed by atoms with E-state index in [9.17, 15) is 63.0 Å². The summed E-state index contributed by atoms with van der Waals surface area (Å²) in [6.45, 7) is 12.5. The van der Waals surface area contributed by atoms with Gasteiger partial charge in [-0.3, -0.25) is 61.8 Å². The molecule has 1 aliphatic rings. The van der Waals surface area contributed by atoms with Crippen molar-refractivity contribution in [1.29, 1.82) is 0 Å². The molecular formula is C52H100N16O17S. The molecule has 25 N–H and O–H groups in total. The molecule has 0 unspecified atom stereocenters. The Morgan fingerprint density at radius 3 is 1.35 bits per heavy atom. The fourth-order valence-electron chi connectivity index (χ4n) is 8.60. The van der Waals surface area contributed by atoms with Gasteiger partial charge >= 0.3 is 10.4 Å². The fraction of sp³-hybridized carbons (Fsp3) is 0.788. The number of rotatable bonds is 28. The molecule has 0 aromatic carbocycles. The molecule has 13 atom stereocenters. The Labute approximate surface area is 503 Å². The molecule has 1 saturated heterocycles. The standard InChI is InChI=1S/C52H98N16O13.H2O4S/c1-9-29(6)11-10-12-40(71)59-32(13-19-53)47(76)68-42(31(8)70)52(81)64-35(16-22-56)44(73)63-37-18-24-58-51(80)41(30(7)69)67-48(77)36(17-23-57)61-43(72)33(14-20-54)62-49(78)38(25-27(2)3)66-50(79)39(26-28(4)5)65-45(74)34(15-21-55)60-46(37)75;1-5(2,3)4/h27-39,41-42,69-70H,9-26,53-57H2,1-8H3,(H,58,80)(H,59,71)(H,60,75)(H,61,72)(H,62,78)(H,63,73)(H,64,81)(H,65,74)(H,66,79)(H,67,77)(H,68,76);(H2,1,2,3,4)/t29-,30-,31+,32-,33-,34-,35-,36-,37-,38-,39+,41+,42-;/m0./s1. The third-order valence-electron chi connectivity index (χ3n) is 13.4. The number of nitrogens with one attached hydrogen (secondary N) is 11. The largest absolute Gasteiger partial charge is 0.394 e. The molecule has 496 valence electrons. The predicted molar refractivity (Wildman–Crippen MR) is 315 cm³/mol. The molecule has 33 nitrogen and oxygen atoms in total. The number of hydrogen-bond acceptors (Lipinski definition) is 20. The fourth-order valence-corrected chi connectivity index (χ4v) is 8.60. The normalized spacial score (nSPS) is 22.9. The van der Waals surface area contributed by atoms with Crippen LogP contribution in [0.4, 0.5) is 0 Å². The first kappa shape index (κ1) is 79.8. The Bertz CT molecular complexity index is 2290. The molecule has 86 heavy (non-hydrogen) atoms. The van der Waals surface area contributed by atoms with Crippen molar-refractivity contribution in [3.05, 3.63) is 0 Å². The minimum absolute atomic E-state index is 0.0146. The second-order valence-electron chi connectivity index (χ2n) is 22.1. The van der Waals surface area contributed by atoms with Gasteiger partial charge in [0.05, 0.1) is 12.2 Å². The second-order valence-corrected chi connectivity index (χ2v) is 23.0. The van der Waals surface area contributed by atoms with Gasteiger partial charge in [0.15, 0.2) is 0 Å². The van der Waals surface area contributed by atoms with E-state index in [1.165, 1.54) is 13.8 Å². The van der Waals surface area contributed by atoms with E-state index in [0.717, 1.165) is 12.8 Å². The molecule has 0 saturated carbocycles. The summed E-state index contributed by atoms with van der Waals surface area (Å²) in [5.74, 6) is -9.60. The van der Waals surface area contributed by atoms with Crippen molar-refractivity contribution in [2.24, 2.45) is 46.4 Å².